The molecule has 2 N–H and O–H groups in total. The van der Waals surface area contributed by atoms with E-state index in [1.807, 2.05) is 27.3 Å². The van der Waals surface area contributed by atoms with Gasteiger partial charge in [0.2, 0.25) is 0 Å². The summed E-state index contributed by atoms with van der Waals surface area (Å²) >= 11 is 6.16. The molecule has 2 aromatic carbocycles. The number of aromatic amines is 2. The molecule has 1 aliphatic rings. The zero-order chi connectivity index (χ0) is 29.5. The highest BCUT2D eigenvalue weighted by Gasteiger charge is 2.52. The van der Waals surface area contributed by atoms with Crippen molar-refractivity contribution >= 4 is 134 Å². The zero-order valence-corrected chi connectivity index (χ0v) is 26.4. The molecule has 7 nitrogen and oxygen atoms in total. The summed E-state index contributed by atoms with van der Waals surface area (Å²) in [6.45, 7) is 1.73. The van der Waals surface area contributed by atoms with Crippen molar-refractivity contribution in [3.63, 3.8) is 0 Å². The van der Waals surface area contributed by atoms with Gasteiger partial charge in [0.25, 0.3) is 0 Å². The Morgan fingerprint density at radius 3 is 2.02 bits per heavy atom. The Morgan fingerprint density at radius 2 is 1.40 bits per heavy atom. The first kappa shape index (κ1) is 29.4. The highest BCUT2D eigenvalue weighted by atomic mass is 35.5. The fourth-order valence-electron chi connectivity index (χ4n) is 7.10. The van der Waals surface area contributed by atoms with Gasteiger partial charge in [-0.2, -0.15) is 0 Å². The second-order valence-electron chi connectivity index (χ2n) is 13.4. The highest BCUT2D eigenvalue weighted by molar-refractivity contribution is 6.66. The van der Waals surface area contributed by atoms with Crippen LogP contribution in [0, 0.1) is 0 Å². The number of halogens is 1. The Labute approximate surface area is 249 Å². The van der Waals surface area contributed by atoms with Crippen molar-refractivity contribution in [1.82, 2.24) is 24.0 Å². The molecule has 4 aromatic rings. The van der Waals surface area contributed by atoms with E-state index in [1.54, 1.807) is 0 Å². The van der Waals surface area contributed by atoms with Crippen LogP contribution < -0.4 is 33.2 Å². The lowest BCUT2D eigenvalue weighted by molar-refractivity contribution is 0.131. The predicted molar refractivity (Wildman–Crippen MR) is 197 cm³/mol. The van der Waals surface area contributed by atoms with Crippen LogP contribution in [0.4, 0.5) is 0 Å². The number of hydrogen-bond acceptors (Lipinski definition) is 3. The Bertz CT molecular complexity index is 1770. The molecule has 0 aliphatic carbocycles. The zero-order valence-electron chi connectivity index (χ0n) is 25.7. The molecule has 0 spiro atoms. The van der Waals surface area contributed by atoms with E-state index in [4.69, 9.17) is 11.6 Å². The molecule has 18 heteroatoms. The summed E-state index contributed by atoms with van der Waals surface area (Å²) in [6.07, 6.45) is 1.75. The van der Waals surface area contributed by atoms with Gasteiger partial charge in [-0.25, -0.2) is 9.59 Å². The summed E-state index contributed by atoms with van der Waals surface area (Å²) in [4.78, 5) is 35.3. The maximum atomic E-state index is 13.6. The average molecular weight is 544 g/mol. The number of imidazole rings is 2. The van der Waals surface area contributed by atoms with Crippen molar-refractivity contribution in [2.45, 2.75) is 34.8 Å². The van der Waals surface area contributed by atoms with E-state index >= 15 is 0 Å². The number of benzene rings is 2. The smallest absolute Gasteiger partial charge is 0.314 e. The van der Waals surface area contributed by atoms with Crippen LogP contribution >= 0.6 is 11.6 Å². The summed E-state index contributed by atoms with van der Waals surface area (Å²) in [7, 11) is 22.1. The Balaban J connectivity index is 1.48. The minimum Gasteiger partial charge on any atom is -0.314 e. The minimum absolute atomic E-state index is 0.0578. The molecular weight excluding hydrogens is 510 g/mol. The Morgan fingerprint density at radius 1 is 0.800 bits per heavy atom. The monoisotopic (exact) mass is 545 g/mol. The third kappa shape index (κ3) is 4.12. The standard InChI is InChI=1S/C22H34B10ClN5O2/c23-12-13(24)15(26)17-16(14(12)25)35-19(40)38(17)22(31,32)20(27,28)21(29,30)36-5-3-9(4-6-36)37-11-2-1-8(33)7-10(11)34-18(37)39/h1-2,7,9H,3-6,23-32H2,(H,34,39)(H,35,40). The van der Waals surface area contributed by atoms with Gasteiger partial charge in [0.05, 0.1) is 22.1 Å². The molecule has 1 saturated heterocycles. The van der Waals surface area contributed by atoms with Crippen LogP contribution in [0.3, 0.4) is 0 Å². The van der Waals surface area contributed by atoms with Crippen molar-refractivity contribution in [3.05, 3.63) is 44.2 Å². The van der Waals surface area contributed by atoms with Gasteiger partial charge in [0, 0.05) is 11.1 Å². The number of H-pyrrole nitrogens is 2. The van der Waals surface area contributed by atoms with Crippen LogP contribution in [0.5, 0.6) is 0 Å². The number of aromatic nitrogens is 4. The number of fused-ring (bicyclic) bond motifs is 2. The molecule has 40 heavy (non-hydrogen) atoms. The number of nitrogens with one attached hydrogen (secondary N) is 2. The van der Waals surface area contributed by atoms with E-state index in [0.29, 0.717) is 5.02 Å². The third-order valence-corrected chi connectivity index (χ3v) is 11.5. The van der Waals surface area contributed by atoms with Gasteiger partial charge in [-0.15, -0.1) is 0 Å². The van der Waals surface area contributed by atoms with Crippen LogP contribution in [-0.4, -0.2) is 121 Å². The summed E-state index contributed by atoms with van der Waals surface area (Å²) < 4.78 is 3.92. The van der Waals surface area contributed by atoms with Crippen LogP contribution in [0.2, 0.25) is 10.2 Å². The van der Waals surface area contributed by atoms with Gasteiger partial charge in [0.15, 0.2) is 0 Å². The largest absolute Gasteiger partial charge is 0.326 e. The minimum atomic E-state index is -0.505. The molecule has 0 atom stereocenters. The fraction of sp³-hybridized carbons (Fsp3) is 0.364. The maximum Gasteiger partial charge on any atom is 0.326 e. The summed E-state index contributed by atoms with van der Waals surface area (Å²) in [5.74, 6) is 0. The van der Waals surface area contributed by atoms with Gasteiger partial charge in [-0.05, 0) is 54.8 Å². The van der Waals surface area contributed by atoms with Gasteiger partial charge >= 0.3 is 11.4 Å². The lowest BCUT2D eigenvalue weighted by Gasteiger charge is -2.59. The van der Waals surface area contributed by atoms with Gasteiger partial charge in [0.1, 0.15) is 78.5 Å². The lowest BCUT2D eigenvalue weighted by Crippen LogP contribution is -2.69. The van der Waals surface area contributed by atoms with Crippen LogP contribution in [0.1, 0.15) is 18.9 Å². The first-order valence-corrected chi connectivity index (χ1v) is 14.8. The molecule has 196 valence electrons. The summed E-state index contributed by atoms with van der Waals surface area (Å²) in [5, 5.41) is -0.438. The van der Waals surface area contributed by atoms with Crippen molar-refractivity contribution in [2.75, 3.05) is 13.1 Å². The van der Waals surface area contributed by atoms with Crippen LogP contribution in [0.25, 0.3) is 22.1 Å². The normalized spacial score (nSPS) is 16.2. The molecule has 1 fully saturated rings. The van der Waals surface area contributed by atoms with Gasteiger partial charge in [-0.3, -0.25) is 4.57 Å². The maximum absolute atomic E-state index is 13.6. The van der Waals surface area contributed by atoms with Crippen LogP contribution in [-0.2, 0) is 5.34 Å². The van der Waals surface area contributed by atoms with E-state index in [2.05, 4.69) is 93.3 Å². The number of likely N-dealkylation sites (tertiary alicyclic amines) is 1. The van der Waals surface area contributed by atoms with Crippen molar-refractivity contribution in [3.8, 4) is 0 Å². The Kier molecular flexibility index (Phi) is 7.14. The lowest BCUT2D eigenvalue weighted by atomic mass is 9.22. The first-order chi connectivity index (χ1) is 18.5. The molecule has 0 saturated carbocycles. The van der Waals surface area contributed by atoms with E-state index < -0.39 is 5.34 Å². The second kappa shape index (κ2) is 9.72. The average Bonchev–Trinajstić information content (AvgIpc) is 3.41. The summed E-state index contributed by atoms with van der Waals surface area (Å²) in [6, 6.07) is 5.72. The number of hydrogen-bond donors (Lipinski definition) is 2. The molecule has 5 rings (SSSR count). The number of rotatable bonds is 5. The SMILES string of the molecule is Bc1c(B)c(B)c2c([nH]c(=O)n2C(B)(B)C(B)(B)C(B)(B)N2CCC(n3c(=O)[nH]c4cc(Cl)ccc43)CC2)c1B. The molecule has 2 aromatic heterocycles. The quantitative estimate of drug-likeness (QED) is 0.245. The van der Waals surface area contributed by atoms with E-state index in [9.17, 15) is 9.59 Å². The predicted octanol–water partition coefficient (Wildman–Crippen LogP) is -9.82. The highest BCUT2D eigenvalue weighted by Crippen LogP contribution is 2.45. The molecule has 0 amide bonds. The molecular formula is C22H34B10ClN5O2. The molecule has 0 radical (unpaired) electrons. The molecule has 0 unspecified atom stereocenters. The number of nitrogens with zero attached hydrogens (tertiary/aromatic N) is 3. The first-order valence-electron chi connectivity index (χ1n) is 14.4. The van der Waals surface area contributed by atoms with Gasteiger partial charge in [-0.1, -0.05) is 38.7 Å². The number of piperidine rings is 1. The van der Waals surface area contributed by atoms with Crippen molar-refractivity contribution < 1.29 is 0 Å². The third-order valence-electron chi connectivity index (χ3n) is 11.2. The Hall–Kier alpha value is -2.12. The molecule has 1 aliphatic heterocycles. The molecule has 3 heterocycles. The fourth-order valence-corrected chi connectivity index (χ4v) is 7.27. The van der Waals surface area contributed by atoms with Crippen LogP contribution in [0.15, 0.2) is 27.8 Å². The van der Waals surface area contributed by atoms with Gasteiger partial charge < -0.3 is 19.4 Å². The molecule has 0 bridgehead atoms. The topological polar surface area (TPSA) is 78.8 Å². The summed E-state index contributed by atoms with van der Waals surface area (Å²) in [5.41, 5.74) is 8.27. The van der Waals surface area contributed by atoms with E-state index in [-0.39, 0.29) is 28.0 Å². The van der Waals surface area contributed by atoms with E-state index in [0.717, 1.165) is 58.9 Å². The van der Waals surface area contributed by atoms with Crippen molar-refractivity contribution in [2.24, 2.45) is 0 Å². The van der Waals surface area contributed by atoms with Crippen molar-refractivity contribution in [1.29, 1.82) is 0 Å². The second-order valence-corrected chi connectivity index (χ2v) is 13.8. The van der Waals surface area contributed by atoms with E-state index in [1.165, 1.54) is 10.9 Å².